The highest BCUT2D eigenvalue weighted by atomic mass is 32.2. The van der Waals surface area contributed by atoms with E-state index in [0.717, 1.165) is 29.4 Å². The van der Waals surface area contributed by atoms with Crippen LogP contribution in [0.3, 0.4) is 0 Å². The minimum atomic E-state index is -0.949. The molecule has 1 aromatic heterocycles. The fourth-order valence-electron chi connectivity index (χ4n) is 0.946. The van der Waals surface area contributed by atoms with Crippen LogP contribution in [0.5, 0.6) is 0 Å². The Morgan fingerprint density at radius 2 is 2.13 bits per heavy atom. The number of aromatic nitrogens is 2. The van der Waals surface area contributed by atoms with Gasteiger partial charge in [0.25, 0.3) is 0 Å². The van der Waals surface area contributed by atoms with E-state index in [1.807, 2.05) is 0 Å². The Hall–Kier alpha value is -1.21. The van der Waals surface area contributed by atoms with Crippen molar-refractivity contribution in [3.8, 4) is 0 Å². The van der Waals surface area contributed by atoms with E-state index >= 15 is 0 Å². The van der Waals surface area contributed by atoms with Gasteiger partial charge in [0.05, 0.1) is 4.90 Å². The predicted molar refractivity (Wildman–Crippen MR) is 54.8 cm³/mol. The van der Waals surface area contributed by atoms with Crippen LogP contribution in [0.4, 0.5) is 14.5 Å². The van der Waals surface area contributed by atoms with Crippen molar-refractivity contribution >= 4 is 29.0 Å². The first kappa shape index (κ1) is 10.3. The number of hydrogen-bond donors (Lipinski definition) is 1. The molecule has 0 atom stereocenters. The highest BCUT2D eigenvalue weighted by molar-refractivity contribution is 8.01. The maximum absolute atomic E-state index is 13.3. The molecule has 0 aliphatic heterocycles. The van der Waals surface area contributed by atoms with E-state index in [1.54, 1.807) is 0 Å². The molecule has 3 nitrogen and oxygen atoms in total. The lowest BCUT2D eigenvalue weighted by atomic mass is 10.3. The number of hydrogen-bond acceptors (Lipinski definition) is 5. The van der Waals surface area contributed by atoms with E-state index < -0.39 is 11.6 Å². The Morgan fingerprint density at radius 1 is 1.33 bits per heavy atom. The topological polar surface area (TPSA) is 51.8 Å². The molecule has 0 saturated carbocycles. The summed E-state index contributed by atoms with van der Waals surface area (Å²) < 4.78 is 30.5. The molecule has 1 aromatic carbocycles. The van der Waals surface area contributed by atoms with Crippen LogP contribution >= 0.6 is 23.3 Å². The molecule has 0 spiro atoms. The monoisotopic (exact) mass is 245 g/mol. The van der Waals surface area contributed by atoms with Gasteiger partial charge in [-0.3, -0.25) is 0 Å². The van der Waals surface area contributed by atoms with Gasteiger partial charge in [-0.25, -0.2) is 13.8 Å². The van der Waals surface area contributed by atoms with Crippen LogP contribution in [0.15, 0.2) is 27.7 Å². The molecule has 2 aromatic rings. The second-order valence-corrected chi connectivity index (χ2v) is 4.63. The van der Waals surface area contributed by atoms with Crippen LogP contribution in [0.25, 0.3) is 0 Å². The van der Waals surface area contributed by atoms with Gasteiger partial charge in [0.15, 0.2) is 16.0 Å². The molecule has 0 fully saturated rings. The lowest BCUT2D eigenvalue weighted by molar-refractivity contribution is 0.492. The quantitative estimate of drug-likeness (QED) is 0.826. The van der Waals surface area contributed by atoms with Crippen molar-refractivity contribution in [1.82, 2.24) is 9.36 Å². The van der Waals surface area contributed by atoms with Gasteiger partial charge in [0.2, 0.25) is 0 Å². The maximum atomic E-state index is 13.3. The molecule has 0 aliphatic rings. The standard InChI is InChI=1S/C8H5F2N3S2/c9-4-1-2-5(11)7(6(4)10)14-8-12-3-13-15-8/h1-3H,11H2. The Morgan fingerprint density at radius 3 is 2.80 bits per heavy atom. The van der Waals surface area contributed by atoms with Crippen LogP contribution in [0.1, 0.15) is 0 Å². The average Bonchev–Trinajstić information content (AvgIpc) is 2.71. The number of nitrogen functional groups attached to an aromatic ring is 1. The van der Waals surface area contributed by atoms with Crippen molar-refractivity contribution in [2.45, 2.75) is 9.24 Å². The molecule has 7 heteroatoms. The van der Waals surface area contributed by atoms with E-state index in [2.05, 4.69) is 9.36 Å². The third-order valence-electron chi connectivity index (χ3n) is 1.61. The molecule has 0 unspecified atom stereocenters. The van der Waals surface area contributed by atoms with Crippen molar-refractivity contribution in [1.29, 1.82) is 0 Å². The number of halogens is 2. The SMILES string of the molecule is Nc1ccc(F)c(F)c1Sc1ncns1. The largest absolute Gasteiger partial charge is 0.398 e. The Kier molecular flexibility index (Phi) is 2.83. The molecule has 2 rings (SSSR count). The lowest BCUT2D eigenvalue weighted by Crippen LogP contribution is -1.95. The van der Waals surface area contributed by atoms with Crippen molar-refractivity contribution in [2.24, 2.45) is 0 Å². The number of nitrogens with zero attached hydrogens (tertiary/aromatic N) is 2. The van der Waals surface area contributed by atoms with E-state index in [1.165, 1.54) is 12.4 Å². The predicted octanol–water partition coefficient (Wildman–Crippen LogP) is 2.55. The van der Waals surface area contributed by atoms with Crippen LogP contribution in [-0.2, 0) is 0 Å². The van der Waals surface area contributed by atoms with Gasteiger partial charge in [-0.15, -0.1) is 0 Å². The molecule has 78 valence electrons. The second-order valence-electron chi connectivity index (χ2n) is 2.59. The van der Waals surface area contributed by atoms with Crippen molar-refractivity contribution in [2.75, 3.05) is 5.73 Å². The summed E-state index contributed by atoms with van der Waals surface area (Å²) in [5, 5.41) is 0. The minimum Gasteiger partial charge on any atom is -0.398 e. The molecular weight excluding hydrogens is 240 g/mol. The number of nitrogens with two attached hydrogens (primary N) is 1. The van der Waals surface area contributed by atoms with Gasteiger partial charge in [-0.1, -0.05) is 11.8 Å². The Bertz CT molecular complexity index is 473. The van der Waals surface area contributed by atoms with Gasteiger partial charge in [0, 0.05) is 5.69 Å². The van der Waals surface area contributed by atoms with Crippen molar-refractivity contribution in [3.05, 3.63) is 30.1 Å². The first-order valence-corrected chi connectivity index (χ1v) is 5.45. The first-order valence-electron chi connectivity index (χ1n) is 3.86. The summed E-state index contributed by atoms with van der Waals surface area (Å²) in [5.41, 5.74) is 5.72. The molecular formula is C8H5F2N3S2. The second kappa shape index (κ2) is 4.11. The van der Waals surface area contributed by atoms with Gasteiger partial charge in [0.1, 0.15) is 6.33 Å². The molecule has 0 radical (unpaired) electrons. The van der Waals surface area contributed by atoms with Crippen LogP contribution in [-0.4, -0.2) is 9.36 Å². The van der Waals surface area contributed by atoms with E-state index in [9.17, 15) is 8.78 Å². The van der Waals surface area contributed by atoms with E-state index in [0.29, 0.717) is 4.34 Å². The van der Waals surface area contributed by atoms with Crippen molar-refractivity contribution < 1.29 is 8.78 Å². The number of anilines is 1. The van der Waals surface area contributed by atoms with Crippen LogP contribution in [0.2, 0.25) is 0 Å². The summed E-state index contributed by atoms with van der Waals surface area (Å²) in [5.74, 6) is -1.87. The summed E-state index contributed by atoms with van der Waals surface area (Å²) in [6.45, 7) is 0. The molecule has 15 heavy (non-hydrogen) atoms. The molecule has 0 amide bonds. The highest BCUT2D eigenvalue weighted by Crippen LogP contribution is 2.35. The zero-order valence-corrected chi connectivity index (χ0v) is 8.91. The van der Waals surface area contributed by atoms with Gasteiger partial charge in [-0.2, -0.15) is 4.37 Å². The van der Waals surface area contributed by atoms with Crippen molar-refractivity contribution in [3.63, 3.8) is 0 Å². The zero-order valence-electron chi connectivity index (χ0n) is 7.28. The summed E-state index contributed by atoms with van der Waals surface area (Å²) in [7, 11) is 0. The Labute approximate surface area is 92.5 Å². The average molecular weight is 245 g/mol. The lowest BCUT2D eigenvalue weighted by Gasteiger charge is -2.04. The highest BCUT2D eigenvalue weighted by Gasteiger charge is 2.14. The minimum absolute atomic E-state index is 0.0479. The summed E-state index contributed by atoms with van der Waals surface area (Å²) in [6, 6.07) is 2.32. The summed E-state index contributed by atoms with van der Waals surface area (Å²) in [4.78, 5) is 3.90. The fourth-order valence-corrected chi connectivity index (χ4v) is 2.40. The third kappa shape index (κ3) is 2.07. The van der Waals surface area contributed by atoms with E-state index in [4.69, 9.17) is 5.73 Å². The smallest absolute Gasteiger partial charge is 0.174 e. The first-order chi connectivity index (χ1) is 7.18. The van der Waals surface area contributed by atoms with Gasteiger partial charge >= 0.3 is 0 Å². The van der Waals surface area contributed by atoms with Crippen LogP contribution < -0.4 is 5.73 Å². The Balaban J connectivity index is 2.39. The molecule has 0 bridgehead atoms. The zero-order chi connectivity index (χ0) is 10.8. The molecule has 2 N–H and O–H groups in total. The summed E-state index contributed by atoms with van der Waals surface area (Å²) >= 11 is 2.06. The summed E-state index contributed by atoms with van der Waals surface area (Å²) in [6.07, 6.45) is 1.35. The normalized spacial score (nSPS) is 10.5. The maximum Gasteiger partial charge on any atom is 0.174 e. The molecule has 0 aliphatic carbocycles. The third-order valence-corrected chi connectivity index (χ3v) is 3.44. The number of rotatable bonds is 2. The van der Waals surface area contributed by atoms with E-state index in [-0.39, 0.29) is 10.6 Å². The number of benzene rings is 1. The van der Waals surface area contributed by atoms with Crippen LogP contribution in [0, 0.1) is 11.6 Å². The van der Waals surface area contributed by atoms with Gasteiger partial charge in [-0.05, 0) is 23.7 Å². The van der Waals surface area contributed by atoms with Gasteiger partial charge < -0.3 is 5.73 Å². The fraction of sp³-hybridized carbons (Fsp3) is 0. The molecule has 0 saturated heterocycles. The molecule has 1 heterocycles.